The molecule has 32 heavy (non-hydrogen) atoms. The molecule has 162 valence electrons. The van der Waals surface area contributed by atoms with Crippen LogP contribution in [0, 0.1) is 0 Å². The molecule has 4 aromatic rings. The van der Waals surface area contributed by atoms with Crippen LogP contribution in [0.4, 0.5) is 23.0 Å². The predicted molar refractivity (Wildman–Crippen MR) is 134 cm³/mol. The number of carbonyl (C=O) groups excluding carboxylic acids is 1. The highest BCUT2D eigenvalue weighted by atomic mass is 127. The predicted octanol–water partition coefficient (Wildman–Crippen LogP) is 4.55. The molecule has 0 unspecified atom stereocenters. The Balaban J connectivity index is 1.67. The van der Waals surface area contributed by atoms with Gasteiger partial charge in [-0.2, -0.15) is 0 Å². The minimum Gasteiger partial charge on any atom is -0.337 e. The van der Waals surface area contributed by atoms with E-state index in [1.165, 1.54) is 24.3 Å². The number of carbonyl (C=O) groups is 1. The molecule has 1 amide bonds. The van der Waals surface area contributed by atoms with Gasteiger partial charge < -0.3 is 10.6 Å². The number of hydrogen-bond donors (Lipinski definition) is 3. The van der Waals surface area contributed by atoms with E-state index in [-0.39, 0.29) is 22.4 Å². The van der Waals surface area contributed by atoms with E-state index in [1.807, 2.05) is 65.1 Å². The van der Waals surface area contributed by atoms with Crippen LogP contribution in [0.25, 0.3) is 11.0 Å². The van der Waals surface area contributed by atoms with Gasteiger partial charge >= 0.3 is 0 Å². The Bertz CT molecular complexity index is 1360. The van der Waals surface area contributed by atoms with Crippen LogP contribution in [0.3, 0.4) is 0 Å². The topological polar surface area (TPSA) is 113 Å². The molecule has 0 aliphatic heterocycles. The van der Waals surface area contributed by atoms with Crippen molar-refractivity contribution in [2.45, 2.75) is 4.90 Å². The Labute approximate surface area is 198 Å². The SMILES string of the molecule is O=C(CI)Nc1ccc(S(=O)(=O)Nc2nc3ccccc3nc2Nc2ccccc2)cc1. The molecule has 0 saturated heterocycles. The summed E-state index contributed by atoms with van der Waals surface area (Å²) < 4.78 is 28.9. The van der Waals surface area contributed by atoms with Gasteiger partial charge in [0, 0.05) is 11.4 Å². The number of fused-ring (bicyclic) bond motifs is 1. The molecule has 3 N–H and O–H groups in total. The zero-order chi connectivity index (χ0) is 22.6. The summed E-state index contributed by atoms with van der Waals surface area (Å²) in [6, 6.07) is 22.4. The zero-order valence-electron chi connectivity index (χ0n) is 16.6. The molecule has 0 aliphatic rings. The first-order valence-electron chi connectivity index (χ1n) is 9.52. The molecule has 1 heterocycles. The summed E-state index contributed by atoms with van der Waals surface area (Å²) in [5, 5.41) is 5.81. The van der Waals surface area contributed by atoms with E-state index in [1.54, 1.807) is 12.1 Å². The van der Waals surface area contributed by atoms with Crippen LogP contribution in [-0.4, -0.2) is 28.7 Å². The van der Waals surface area contributed by atoms with Crippen LogP contribution >= 0.6 is 22.6 Å². The molecule has 3 aromatic carbocycles. The van der Waals surface area contributed by atoms with Crippen LogP contribution in [-0.2, 0) is 14.8 Å². The molecule has 0 aliphatic carbocycles. The average molecular weight is 559 g/mol. The summed E-state index contributed by atoms with van der Waals surface area (Å²) in [5.41, 5.74) is 2.44. The average Bonchev–Trinajstić information content (AvgIpc) is 2.80. The fraction of sp³-hybridized carbons (Fsp3) is 0.0455. The molecule has 8 nitrogen and oxygen atoms in total. The summed E-state index contributed by atoms with van der Waals surface area (Å²) in [6.07, 6.45) is 0. The van der Waals surface area contributed by atoms with Crippen molar-refractivity contribution in [3.05, 3.63) is 78.9 Å². The van der Waals surface area contributed by atoms with Crippen LogP contribution in [0.5, 0.6) is 0 Å². The molecule has 0 spiro atoms. The Morgan fingerprint density at radius 1 is 0.781 bits per heavy atom. The van der Waals surface area contributed by atoms with E-state index < -0.39 is 10.0 Å². The third kappa shape index (κ3) is 5.14. The zero-order valence-corrected chi connectivity index (χ0v) is 19.6. The standard InChI is InChI=1S/C22H18IN5O3S/c23-14-20(29)24-16-10-12-17(13-11-16)32(30,31)28-22-21(25-15-6-2-1-3-7-15)26-18-8-4-5-9-19(18)27-22/h1-13H,14H2,(H,24,29)(H,25,26)(H,27,28). The molecule has 0 bridgehead atoms. The molecule has 0 saturated carbocycles. The highest BCUT2D eigenvalue weighted by molar-refractivity contribution is 14.1. The van der Waals surface area contributed by atoms with Crippen LogP contribution in [0.15, 0.2) is 83.8 Å². The van der Waals surface area contributed by atoms with Crippen molar-refractivity contribution in [3.8, 4) is 0 Å². The first-order chi connectivity index (χ1) is 15.4. The number of nitrogens with one attached hydrogen (secondary N) is 3. The lowest BCUT2D eigenvalue weighted by Gasteiger charge is -2.14. The number of rotatable bonds is 7. The lowest BCUT2D eigenvalue weighted by Crippen LogP contribution is -2.16. The lowest BCUT2D eigenvalue weighted by atomic mass is 10.3. The lowest BCUT2D eigenvalue weighted by molar-refractivity contribution is -0.113. The molecule has 10 heteroatoms. The quantitative estimate of drug-likeness (QED) is 0.226. The van der Waals surface area contributed by atoms with E-state index in [2.05, 4.69) is 25.3 Å². The Hall–Kier alpha value is -3.25. The number of benzene rings is 3. The normalized spacial score (nSPS) is 11.2. The van der Waals surface area contributed by atoms with E-state index in [0.717, 1.165) is 5.69 Å². The van der Waals surface area contributed by atoms with E-state index in [9.17, 15) is 13.2 Å². The van der Waals surface area contributed by atoms with Gasteiger partial charge in [0.1, 0.15) is 0 Å². The third-order valence-corrected chi connectivity index (χ3v) is 6.46. The number of anilines is 4. The summed E-state index contributed by atoms with van der Waals surface area (Å²) in [7, 11) is -3.95. The molecular formula is C22H18IN5O3S. The van der Waals surface area contributed by atoms with Crippen LogP contribution < -0.4 is 15.4 Å². The maximum atomic E-state index is 13.0. The second-order valence-corrected chi connectivity index (χ2v) is 9.16. The largest absolute Gasteiger partial charge is 0.337 e. The number of para-hydroxylation sites is 3. The molecular weight excluding hydrogens is 541 g/mol. The van der Waals surface area contributed by atoms with Gasteiger partial charge in [-0.05, 0) is 48.5 Å². The van der Waals surface area contributed by atoms with Gasteiger partial charge in [0.15, 0.2) is 11.6 Å². The minimum atomic E-state index is -3.95. The van der Waals surface area contributed by atoms with Crippen molar-refractivity contribution in [1.82, 2.24) is 9.97 Å². The van der Waals surface area contributed by atoms with Gasteiger partial charge in [-0.1, -0.05) is 52.9 Å². The Morgan fingerprint density at radius 3 is 2.00 bits per heavy atom. The molecule has 1 aromatic heterocycles. The first-order valence-corrected chi connectivity index (χ1v) is 12.5. The number of halogens is 1. The fourth-order valence-corrected chi connectivity index (χ4v) is 4.11. The maximum absolute atomic E-state index is 13.0. The van der Waals surface area contributed by atoms with Gasteiger partial charge in [0.05, 0.1) is 20.4 Å². The van der Waals surface area contributed by atoms with Gasteiger partial charge in [-0.15, -0.1) is 0 Å². The number of amides is 1. The molecule has 0 atom stereocenters. The smallest absolute Gasteiger partial charge is 0.263 e. The molecule has 4 rings (SSSR count). The number of alkyl halides is 1. The number of sulfonamides is 1. The second-order valence-electron chi connectivity index (χ2n) is 6.71. The van der Waals surface area contributed by atoms with Crippen molar-refractivity contribution >= 4 is 72.6 Å². The second kappa shape index (κ2) is 9.49. The van der Waals surface area contributed by atoms with Gasteiger partial charge in [0.2, 0.25) is 5.91 Å². The third-order valence-electron chi connectivity index (χ3n) is 4.41. The van der Waals surface area contributed by atoms with Gasteiger partial charge in [0.25, 0.3) is 10.0 Å². The summed E-state index contributed by atoms with van der Waals surface area (Å²) in [5.74, 6) is 0.196. The van der Waals surface area contributed by atoms with E-state index in [0.29, 0.717) is 21.1 Å². The molecule has 0 radical (unpaired) electrons. The highest BCUT2D eigenvalue weighted by Crippen LogP contribution is 2.27. The Morgan fingerprint density at radius 2 is 1.38 bits per heavy atom. The number of aromatic nitrogens is 2. The monoisotopic (exact) mass is 559 g/mol. The number of nitrogens with zero attached hydrogens (tertiary/aromatic N) is 2. The first kappa shape index (κ1) is 22.0. The highest BCUT2D eigenvalue weighted by Gasteiger charge is 2.19. The van der Waals surface area contributed by atoms with Crippen molar-refractivity contribution in [2.75, 3.05) is 19.8 Å². The van der Waals surface area contributed by atoms with Crippen molar-refractivity contribution in [3.63, 3.8) is 0 Å². The summed E-state index contributed by atoms with van der Waals surface area (Å²) >= 11 is 1.95. The van der Waals surface area contributed by atoms with Crippen molar-refractivity contribution in [1.29, 1.82) is 0 Å². The minimum absolute atomic E-state index is 0.0330. The maximum Gasteiger partial charge on any atom is 0.263 e. The van der Waals surface area contributed by atoms with Gasteiger partial charge in [-0.3, -0.25) is 9.52 Å². The van der Waals surface area contributed by atoms with Crippen molar-refractivity contribution in [2.24, 2.45) is 0 Å². The van der Waals surface area contributed by atoms with Crippen molar-refractivity contribution < 1.29 is 13.2 Å². The summed E-state index contributed by atoms with van der Waals surface area (Å²) in [6.45, 7) is 0. The fourth-order valence-electron chi connectivity index (χ4n) is 2.91. The summed E-state index contributed by atoms with van der Waals surface area (Å²) in [4.78, 5) is 20.6. The van der Waals surface area contributed by atoms with Crippen LogP contribution in [0.2, 0.25) is 0 Å². The van der Waals surface area contributed by atoms with Crippen LogP contribution in [0.1, 0.15) is 0 Å². The van der Waals surface area contributed by atoms with E-state index in [4.69, 9.17) is 0 Å². The van der Waals surface area contributed by atoms with E-state index >= 15 is 0 Å². The number of hydrogen-bond acceptors (Lipinski definition) is 6. The Kier molecular flexibility index (Phi) is 6.51. The van der Waals surface area contributed by atoms with Gasteiger partial charge in [-0.25, -0.2) is 18.4 Å². The molecule has 0 fully saturated rings.